The molecule has 1 aliphatic rings. The Kier molecular flexibility index (Phi) is 4.59. The van der Waals surface area contributed by atoms with Crippen molar-refractivity contribution in [2.45, 2.75) is 50.0 Å². The molecule has 0 saturated carbocycles. The molecular weight excluding hydrogens is 258 g/mol. The summed E-state index contributed by atoms with van der Waals surface area (Å²) in [5.41, 5.74) is -0.742. The van der Waals surface area contributed by atoms with Crippen LogP contribution in [0.3, 0.4) is 0 Å². The molecular formula is C11H20BrNO2. The second-order valence-electron chi connectivity index (χ2n) is 4.62. The zero-order valence-electron chi connectivity index (χ0n) is 9.50. The molecule has 1 saturated heterocycles. The molecule has 1 rings (SSSR count). The van der Waals surface area contributed by atoms with Gasteiger partial charge in [-0.15, -0.1) is 0 Å². The molecule has 1 N–H and O–H groups in total. The van der Waals surface area contributed by atoms with Crippen molar-refractivity contribution in [1.82, 2.24) is 4.90 Å². The first kappa shape index (κ1) is 13.0. The van der Waals surface area contributed by atoms with E-state index < -0.39 is 5.60 Å². The number of β-amino-alcohol motifs (C(OH)–C–C–N with tert-alkyl or cyclic N) is 1. The zero-order valence-corrected chi connectivity index (χ0v) is 11.1. The highest BCUT2D eigenvalue weighted by Gasteiger charge is 2.31. The van der Waals surface area contributed by atoms with Crippen LogP contribution in [0.1, 0.15) is 39.5 Å². The monoisotopic (exact) mass is 277 g/mol. The van der Waals surface area contributed by atoms with Crippen LogP contribution in [0, 0.1) is 0 Å². The fourth-order valence-electron chi connectivity index (χ4n) is 2.08. The third-order valence-electron chi connectivity index (χ3n) is 2.79. The first-order valence-corrected chi connectivity index (χ1v) is 6.53. The lowest BCUT2D eigenvalue weighted by atomic mass is 9.98. The van der Waals surface area contributed by atoms with Gasteiger partial charge in [0, 0.05) is 13.1 Å². The number of aliphatic hydroxyl groups is 1. The van der Waals surface area contributed by atoms with Crippen molar-refractivity contribution >= 4 is 21.8 Å². The number of carbonyl (C=O) groups is 1. The smallest absolute Gasteiger partial charge is 0.236 e. The van der Waals surface area contributed by atoms with E-state index in [9.17, 15) is 9.90 Å². The van der Waals surface area contributed by atoms with Gasteiger partial charge < -0.3 is 10.0 Å². The summed E-state index contributed by atoms with van der Waals surface area (Å²) in [7, 11) is 0. The quantitative estimate of drug-likeness (QED) is 0.798. The number of hydrogen-bond donors (Lipinski definition) is 1. The maximum atomic E-state index is 11.8. The molecule has 0 radical (unpaired) electrons. The van der Waals surface area contributed by atoms with Crippen LogP contribution in [-0.2, 0) is 4.79 Å². The minimum Gasteiger partial charge on any atom is -0.388 e. The fourth-order valence-corrected chi connectivity index (χ4v) is 2.69. The fraction of sp³-hybridized carbons (Fsp3) is 0.909. The maximum Gasteiger partial charge on any atom is 0.236 e. The van der Waals surface area contributed by atoms with Gasteiger partial charge in [0.05, 0.1) is 10.4 Å². The van der Waals surface area contributed by atoms with Gasteiger partial charge in [0.1, 0.15) is 0 Å². The lowest BCUT2D eigenvalue weighted by molar-refractivity contribution is -0.136. The van der Waals surface area contributed by atoms with E-state index in [4.69, 9.17) is 0 Å². The first-order valence-electron chi connectivity index (χ1n) is 5.61. The summed E-state index contributed by atoms with van der Waals surface area (Å²) >= 11 is 3.37. The van der Waals surface area contributed by atoms with Crippen LogP contribution in [0.5, 0.6) is 0 Å². The highest BCUT2D eigenvalue weighted by Crippen LogP contribution is 2.22. The molecule has 0 bridgehead atoms. The second-order valence-corrected chi connectivity index (χ2v) is 5.72. The average Bonchev–Trinajstić information content (AvgIpc) is 2.12. The van der Waals surface area contributed by atoms with E-state index in [1.807, 2.05) is 13.8 Å². The molecule has 1 heterocycles. The Balaban J connectivity index is 2.53. The van der Waals surface area contributed by atoms with E-state index in [1.54, 1.807) is 4.90 Å². The molecule has 0 aliphatic carbocycles. The topological polar surface area (TPSA) is 40.5 Å². The highest BCUT2D eigenvalue weighted by molar-refractivity contribution is 9.10. The number of rotatable bonds is 4. The molecule has 1 amide bonds. The van der Waals surface area contributed by atoms with Gasteiger partial charge in [0.15, 0.2) is 0 Å². The van der Waals surface area contributed by atoms with Crippen LogP contribution in [0.25, 0.3) is 0 Å². The third-order valence-corrected chi connectivity index (χ3v) is 3.63. The minimum atomic E-state index is -0.742. The third kappa shape index (κ3) is 3.76. The van der Waals surface area contributed by atoms with Gasteiger partial charge >= 0.3 is 0 Å². The number of alkyl halides is 1. The molecule has 4 heteroatoms. The van der Waals surface area contributed by atoms with E-state index in [2.05, 4.69) is 15.9 Å². The summed E-state index contributed by atoms with van der Waals surface area (Å²) in [6, 6.07) is 0. The van der Waals surface area contributed by atoms with Crippen LogP contribution in [0.4, 0.5) is 0 Å². The summed E-state index contributed by atoms with van der Waals surface area (Å²) < 4.78 is 0. The summed E-state index contributed by atoms with van der Waals surface area (Å²) in [4.78, 5) is 13.5. The first-order chi connectivity index (χ1) is 6.96. The molecule has 1 aliphatic heterocycles. The SMILES string of the molecule is CCCC(C)(O)CN1CCCC(Br)C1=O. The summed E-state index contributed by atoms with van der Waals surface area (Å²) in [5.74, 6) is 0.123. The van der Waals surface area contributed by atoms with E-state index in [1.165, 1.54) is 0 Å². The van der Waals surface area contributed by atoms with Crippen molar-refractivity contribution in [2.75, 3.05) is 13.1 Å². The highest BCUT2D eigenvalue weighted by atomic mass is 79.9. The van der Waals surface area contributed by atoms with E-state index in [0.717, 1.165) is 32.2 Å². The van der Waals surface area contributed by atoms with Gasteiger partial charge in [0.2, 0.25) is 5.91 Å². The number of hydrogen-bond acceptors (Lipinski definition) is 2. The lowest BCUT2D eigenvalue weighted by Crippen LogP contribution is -2.49. The van der Waals surface area contributed by atoms with E-state index in [0.29, 0.717) is 6.54 Å². The number of carbonyl (C=O) groups excluding carboxylic acids is 1. The number of nitrogens with zero attached hydrogens (tertiary/aromatic N) is 1. The lowest BCUT2D eigenvalue weighted by Gasteiger charge is -2.35. The van der Waals surface area contributed by atoms with Crippen molar-refractivity contribution < 1.29 is 9.90 Å². The summed E-state index contributed by atoms with van der Waals surface area (Å²) in [6.45, 7) is 5.09. The zero-order chi connectivity index (χ0) is 11.5. The van der Waals surface area contributed by atoms with Crippen LogP contribution in [0.15, 0.2) is 0 Å². The van der Waals surface area contributed by atoms with Gasteiger partial charge in [-0.1, -0.05) is 29.3 Å². The number of piperidine rings is 1. The molecule has 0 spiro atoms. The van der Waals surface area contributed by atoms with Crippen LogP contribution in [-0.4, -0.2) is 39.4 Å². The molecule has 88 valence electrons. The molecule has 2 atom stereocenters. The number of likely N-dealkylation sites (tertiary alicyclic amines) is 1. The summed E-state index contributed by atoms with van der Waals surface area (Å²) in [6.07, 6.45) is 3.60. The molecule has 0 aromatic rings. The predicted molar refractivity (Wildman–Crippen MR) is 64.1 cm³/mol. The average molecular weight is 278 g/mol. The molecule has 2 unspecified atom stereocenters. The maximum absolute atomic E-state index is 11.8. The second kappa shape index (κ2) is 5.30. The molecule has 0 aromatic carbocycles. The van der Waals surface area contributed by atoms with E-state index in [-0.39, 0.29) is 10.7 Å². The Labute approximate surface area is 100.0 Å². The molecule has 3 nitrogen and oxygen atoms in total. The summed E-state index contributed by atoms with van der Waals surface area (Å²) in [5, 5.41) is 10.1. The Hall–Kier alpha value is -0.0900. The molecule has 15 heavy (non-hydrogen) atoms. The largest absolute Gasteiger partial charge is 0.388 e. The Morgan fingerprint density at radius 2 is 2.33 bits per heavy atom. The van der Waals surface area contributed by atoms with Gasteiger partial charge in [0.25, 0.3) is 0 Å². The minimum absolute atomic E-state index is 0.0522. The Bertz CT molecular complexity index is 231. The van der Waals surface area contributed by atoms with Gasteiger partial charge in [-0.05, 0) is 26.2 Å². The van der Waals surface area contributed by atoms with Crippen LogP contribution in [0.2, 0.25) is 0 Å². The Morgan fingerprint density at radius 3 is 2.93 bits per heavy atom. The normalized spacial score (nSPS) is 26.5. The number of halogens is 1. The van der Waals surface area contributed by atoms with E-state index >= 15 is 0 Å². The van der Waals surface area contributed by atoms with Crippen LogP contribution < -0.4 is 0 Å². The van der Waals surface area contributed by atoms with Crippen molar-refractivity contribution in [3.8, 4) is 0 Å². The predicted octanol–water partition coefficient (Wildman–Crippen LogP) is 1.92. The molecule has 0 aromatic heterocycles. The van der Waals surface area contributed by atoms with Crippen molar-refractivity contribution in [1.29, 1.82) is 0 Å². The Morgan fingerprint density at radius 1 is 1.67 bits per heavy atom. The van der Waals surface area contributed by atoms with Crippen molar-refractivity contribution in [3.05, 3.63) is 0 Å². The molecule has 1 fully saturated rings. The van der Waals surface area contributed by atoms with Crippen molar-refractivity contribution in [2.24, 2.45) is 0 Å². The van der Waals surface area contributed by atoms with Gasteiger partial charge in [-0.2, -0.15) is 0 Å². The van der Waals surface area contributed by atoms with Gasteiger partial charge in [-0.3, -0.25) is 4.79 Å². The number of amides is 1. The van der Waals surface area contributed by atoms with Gasteiger partial charge in [-0.25, -0.2) is 0 Å². The van der Waals surface area contributed by atoms with Crippen molar-refractivity contribution in [3.63, 3.8) is 0 Å². The standard InChI is InChI=1S/C11H20BrNO2/c1-3-6-11(2,15)8-13-7-4-5-9(12)10(13)14/h9,15H,3-8H2,1-2H3. The van der Waals surface area contributed by atoms with Crippen LogP contribution >= 0.6 is 15.9 Å².